The molecule has 0 saturated heterocycles. The normalized spacial score (nSPS) is 16.1. The Bertz CT molecular complexity index is 667. The molecule has 1 unspecified atom stereocenters. The van der Waals surface area contributed by atoms with Crippen molar-refractivity contribution >= 4 is 11.7 Å². The molecule has 0 heterocycles. The molecule has 0 radical (unpaired) electrons. The van der Waals surface area contributed by atoms with Crippen LogP contribution in [-0.2, 0) is 6.42 Å². The Morgan fingerprint density at radius 2 is 2.05 bits per heavy atom. The molecule has 0 aromatic heterocycles. The first-order chi connectivity index (χ1) is 9.66. The molecule has 1 aliphatic carbocycles. The standard InChI is InChI=1S/C16H15NO3/c17-14-7-3-6-13(16(18)19)15(14)20-9-11-8-10-4-1-2-5-12(10)11/h1-7,11H,8-9,17H2,(H,18,19). The van der Waals surface area contributed by atoms with Gasteiger partial charge < -0.3 is 15.6 Å². The van der Waals surface area contributed by atoms with E-state index in [4.69, 9.17) is 15.6 Å². The first-order valence-corrected chi connectivity index (χ1v) is 6.49. The smallest absolute Gasteiger partial charge is 0.339 e. The van der Waals surface area contributed by atoms with Crippen LogP contribution in [0.1, 0.15) is 27.4 Å². The van der Waals surface area contributed by atoms with E-state index in [0.29, 0.717) is 18.2 Å². The van der Waals surface area contributed by atoms with E-state index in [9.17, 15) is 4.79 Å². The van der Waals surface area contributed by atoms with E-state index in [1.807, 2.05) is 12.1 Å². The molecule has 0 saturated carbocycles. The lowest BCUT2D eigenvalue weighted by molar-refractivity contribution is 0.0692. The van der Waals surface area contributed by atoms with E-state index < -0.39 is 5.97 Å². The van der Waals surface area contributed by atoms with Crippen molar-refractivity contribution in [2.75, 3.05) is 12.3 Å². The molecule has 0 fully saturated rings. The molecule has 20 heavy (non-hydrogen) atoms. The highest BCUT2D eigenvalue weighted by Gasteiger charge is 2.26. The Morgan fingerprint density at radius 1 is 1.25 bits per heavy atom. The third-order valence-corrected chi connectivity index (χ3v) is 3.67. The van der Waals surface area contributed by atoms with Crippen molar-refractivity contribution in [2.24, 2.45) is 0 Å². The number of fused-ring (bicyclic) bond motifs is 1. The maximum atomic E-state index is 11.2. The van der Waals surface area contributed by atoms with Gasteiger partial charge in [0.2, 0.25) is 0 Å². The molecule has 0 amide bonds. The number of benzene rings is 2. The molecule has 0 aliphatic heterocycles. The predicted molar refractivity (Wildman–Crippen MR) is 76.2 cm³/mol. The molecule has 1 aliphatic rings. The first-order valence-electron chi connectivity index (χ1n) is 6.49. The van der Waals surface area contributed by atoms with Gasteiger partial charge in [0.1, 0.15) is 5.56 Å². The van der Waals surface area contributed by atoms with E-state index in [0.717, 1.165) is 6.42 Å². The van der Waals surface area contributed by atoms with Crippen molar-refractivity contribution in [2.45, 2.75) is 12.3 Å². The minimum absolute atomic E-state index is 0.109. The summed E-state index contributed by atoms with van der Waals surface area (Å²) in [4.78, 5) is 11.2. The highest BCUT2D eigenvalue weighted by Crippen LogP contribution is 2.36. The van der Waals surface area contributed by atoms with Crippen molar-refractivity contribution in [3.05, 3.63) is 59.2 Å². The number of hydrogen-bond acceptors (Lipinski definition) is 3. The van der Waals surface area contributed by atoms with Gasteiger partial charge >= 0.3 is 5.97 Å². The molecule has 2 aromatic rings. The second kappa shape index (κ2) is 4.89. The summed E-state index contributed by atoms with van der Waals surface area (Å²) in [5.74, 6) is -0.446. The lowest BCUT2D eigenvalue weighted by atomic mass is 9.78. The molecule has 3 rings (SSSR count). The van der Waals surface area contributed by atoms with E-state index in [1.54, 1.807) is 12.1 Å². The van der Waals surface area contributed by atoms with Crippen LogP contribution in [-0.4, -0.2) is 17.7 Å². The molecule has 0 bridgehead atoms. The summed E-state index contributed by atoms with van der Waals surface area (Å²) < 4.78 is 5.68. The number of carboxylic acid groups (broad SMARTS) is 1. The fraction of sp³-hybridized carbons (Fsp3) is 0.188. The molecular formula is C16H15NO3. The van der Waals surface area contributed by atoms with Gasteiger partial charge in [0, 0.05) is 5.92 Å². The highest BCUT2D eigenvalue weighted by molar-refractivity contribution is 5.93. The van der Waals surface area contributed by atoms with Gasteiger partial charge in [-0.15, -0.1) is 0 Å². The molecule has 4 nitrogen and oxygen atoms in total. The Hall–Kier alpha value is -2.49. The number of nitrogen functional groups attached to an aromatic ring is 1. The lowest BCUT2D eigenvalue weighted by Gasteiger charge is -2.30. The van der Waals surface area contributed by atoms with Crippen LogP contribution in [0.5, 0.6) is 5.75 Å². The molecule has 0 spiro atoms. The van der Waals surface area contributed by atoms with Crippen LogP contribution in [0, 0.1) is 0 Å². The van der Waals surface area contributed by atoms with Gasteiger partial charge in [-0.1, -0.05) is 30.3 Å². The fourth-order valence-corrected chi connectivity index (χ4v) is 2.58. The summed E-state index contributed by atoms with van der Waals surface area (Å²) in [6, 6.07) is 13.0. The minimum atomic E-state index is -1.03. The van der Waals surface area contributed by atoms with Crippen LogP contribution in [0.2, 0.25) is 0 Å². The summed E-state index contributed by atoms with van der Waals surface area (Å²) in [5, 5.41) is 9.15. The molecule has 3 N–H and O–H groups in total. The molecule has 2 aromatic carbocycles. The van der Waals surface area contributed by atoms with Gasteiger partial charge in [0.25, 0.3) is 0 Å². The van der Waals surface area contributed by atoms with Crippen LogP contribution in [0.25, 0.3) is 0 Å². The topological polar surface area (TPSA) is 72.6 Å². The predicted octanol–water partition coefficient (Wildman–Crippen LogP) is 2.69. The zero-order valence-electron chi connectivity index (χ0n) is 10.9. The van der Waals surface area contributed by atoms with E-state index in [-0.39, 0.29) is 11.3 Å². The number of para-hydroxylation sites is 1. The van der Waals surface area contributed by atoms with Crippen LogP contribution in [0.4, 0.5) is 5.69 Å². The maximum absolute atomic E-state index is 11.2. The summed E-state index contributed by atoms with van der Waals surface area (Å²) >= 11 is 0. The number of aromatic carboxylic acids is 1. The number of anilines is 1. The quantitative estimate of drug-likeness (QED) is 0.837. The molecule has 4 heteroatoms. The van der Waals surface area contributed by atoms with Gasteiger partial charge in [0.15, 0.2) is 5.75 Å². The summed E-state index contributed by atoms with van der Waals surface area (Å²) in [6.45, 7) is 0.450. The van der Waals surface area contributed by atoms with Crippen LogP contribution < -0.4 is 10.5 Å². The second-order valence-corrected chi connectivity index (χ2v) is 4.94. The van der Waals surface area contributed by atoms with Crippen molar-refractivity contribution in [1.29, 1.82) is 0 Å². The van der Waals surface area contributed by atoms with Crippen molar-refractivity contribution in [3.63, 3.8) is 0 Å². The molecular weight excluding hydrogens is 254 g/mol. The van der Waals surface area contributed by atoms with Gasteiger partial charge in [-0.25, -0.2) is 4.79 Å². The Balaban J connectivity index is 1.76. The Kier molecular flexibility index (Phi) is 3.06. The van der Waals surface area contributed by atoms with E-state index in [2.05, 4.69) is 12.1 Å². The summed E-state index contributed by atoms with van der Waals surface area (Å²) in [7, 11) is 0. The lowest BCUT2D eigenvalue weighted by Crippen LogP contribution is -2.23. The average Bonchev–Trinajstić information content (AvgIpc) is 2.41. The van der Waals surface area contributed by atoms with Gasteiger partial charge in [-0.2, -0.15) is 0 Å². The summed E-state index contributed by atoms with van der Waals surface area (Å²) in [6.07, 6.45) is 0.964. The fourth-order valence-electron chi connectivity index (χ4n) is 2.58. The van der Waals surface area contributed by atoms with E-state index >= 15 is 0 Å². The third kappa shape index (κ3) is 2.09. The number of carbonyl (C=O) groups is 1. The largest absolute Gasteiger partial charge is 0.490 e. The van der Waals surface area contributed by atoms with Crippen molar-refractivity contribution in [3.8, 4) is 5.75 Å². The maximum Gasteiger partial charge on any atom is 0.339 e. The Morgan fingerprint density at radius 3 is 2.80 bits per heavy atom. The van der Waals surface area contributed by atoms with Crippen molar-refractivity contribution in [1.82, 2.24) is 0 Å². The monoisotopic (exact) mass is 269 g/mol. The van der Waals surface area contributed by atoms with Crippen LogP contribution in [0.3, 0.4) is 0 Å². The Labute approximate surface area is 116 Å². The number of nitrogens with two attached hydrogens (primary N) is 1. The van der Waals surface area contributed by atoms with E-state index in [1.165, 1.54) is 17.2 Å². The second-order valence-electron chi connectivity index (χ2n) is 4.94. The van der Waals surface area contributed by atoms with Crippen LogP contribution in [0.15, 0.2) is 42.5 Å². The van der Waals surface area contributed by atoms with Gasteiger partial charge in [-0.05, 0) is 29.7 Å². The number of hydrogen-bond donors (Lipinski definition) is 2. The molecule has 1 atom stereocenters. The SMILES string of the molecule is Nc1cccc(C(=O)O)c1OCC1Cc2ccccc21. The summed E-state index contributed by atoms with van der Waals surface area (Å²) in [5.41, 5.74) is 8.89. The highest BCUT2D eigenvalue weighted by atomic mass is 16.5. The zero-order valence-corrected chi connectivity index (χ0v) is 10.9. The number of ether oxygens (including phenoxy) is 1. The van der Waals surface area contributed by atoms with Gasteiger partial charge in [0.05, 0.1) is 12.3 Å². The van der Waals surface area contributed by atoms with Gasteiger partial charge in [-0.3, -0.25) is 0 Å². The average molecular weight is 269 g/mol. The first kappa shape index (κ1) is 12.5. The molecule has 102 valence electrons. The zero-order chi connectivity index (χ0) is 14.1. The number of carboxylic acids is 1. The van der Waals surface area contributed by atoms with Crippen molar-refractivity contribution < 1.29 is 14.6 Å². The minimum Gasteiger partial charge on any atom is -0.490 e. The third-order valence-electron chi connectivity index (χ3n) is 3.67. The number of rotatable bonds is 4. The van der Waals surface area contributed by atoms with Crippen LogP contribution >= 0.6 is 0 Å².